The Bertz CT molecular complexity index is 733. The van der Waals surface area contributed by atoms with Crippen molar-refractivity contribution in [3.63, 3.8) is 0 Å². The van der Waals surface area contributed by atoms with Gasteiger partial charge in [-0.25, -0.2) is 9.59 Å². The van der Waals surface area contributed by atoms with Gasteiger partial charge in [0.2, 0.25) is 0 Å². The van der Waals surface area contributed by atoms with Gasteiger partial charge in [-0.2, -0.15) is 0 Å². The van der Waals surface area contributed by atoms with Crippen LogP contribution >= 0.6 is 0 Å². The largest absolute Gasteiger partial charge is 0.511 e. The predicted molar refractivity (Wildman–Crippen MR) is 80.9 cm³/mol. The number of carbonyl (C=O) groups is 3. The first-order chi connectivity index (χ1) is 11.1. The van der Waals surface area contributed by atoms with E-state index in [0.29, 0.717) is 0 Å². The van der Waals surface area contributed by atoms with Crippen LogP contribution in [-0.2, 0) is 28.6 Å². The molecule has 7 heteroatoms. The highest BCUT2D eigenvalue weighted by molar-refractivity contribution is 6.05. The lowest BCUT2D eigenvalue weighted by Gasteiger charge is -2.34. The zero-order valence-corrected chi connectivity index (χ0v) is 14.3. The van der Waals surface area contributed by atoms with Gasteiger partial charge in [-0.3, -0.25) is 4.79 Å². The number of allylic oxidation sites excluding steroid dienone is 1. The second-order valence-electron chi connectivity index (χ2n) is 6.82. The molecular formula is C17H20O7. The third-order valence-electron chi connectivity index (χ3n) is 5.93. The highest BCUT2D eigenvalue weighted by Gasteiger charge is 2.88. The Hall–Kier alpha value is -2.15. The lowest BCUT2D eigenvalue weighted by atomic mass is 9.66. The summed E-state index contributed by atoms with van der Waals surface area (Å²) in [6.07, 6.45) is 1.35. The molecule has 0 aromatic carbocycles. The van der Waals surface area contributed by atoms with Crippen LogP contribution in [0.2, 0.25) is 0 Å². The molecule has 24 heavy (non-hydrogen) atoms. The predicted octanol–water partition coefficient (Wildman–Crippen LogP) is 1.23. The molecule has 7 nitrogen and oxygen atoms in total. The van der Waals surface area contributed by atoms with Gasteiger partial charge in [0.05, 0.1) is 30.8 Å². The van der Waals surface area contributed by atoms with E-state index >= 15 is 0 Å². The van der Waals surface area contributed by atoms with Gasteiger partial charge >= 0.3 is 11.9 Å². The average Bonchev–Trinajstić information content (AvgIpc) is 2.88. The van der Waals surface area contributed by atoms with Crippen molar-refractivity contribution in [3.8, 4) is 0 Å². The molecule has 3 rings (SSSR count). The first-order valence-electron chi connectivity index (χ1n) is 7.64. The third-order valence-corrected chi connectivity index (χ3v) is 5.93. The van der Waals surface area contributed by atoms with Crippen molar-refractivity contribution in [1.29, 1.82) is 0 Å². The Morgan fingerprint density at radius 3 is 2.29 bits per heavy atom. The number of carbonyl (C=O) groups excluding carboxylic acids is 3. The van der Waals surface area contributed by atoms with Gasteiger partial charge < -0.3 is 19.3 Å². The number of ketones is 1. The summed E-state index contributed by atoms with van der Waals surface area (Å²) in [6.45, 7) is 4.90. The zero-order valence-electron chi connectivity index (χ0n) is 14.3. The Morgan fingerprint density at radius 1 is 1.21 bits per heavy atom. The molecule has 2 fully saturated rings. The lowest BCUT2D eigenvalue weighted by molar-refractivity contribution is -0.140. The number of rotatable bonds is 4. The van der Waals surface area contributed by atoms with Crippen molar-refractivity contribution < 1.29 is 33.7 Å². The van der Waals surface area contributed by atoms with Crippen molar-refractivity contribution >= 4 is 17.7 Å². The number of aliphatic hydroxyl groups is 1. The molecule has 1 heterocycles. The molecule has 2 aliphatic carbocycles. The summed E-state index contributed by atoms with van der Waals surface area (Å²) >= 11 is 0. The maximum absolute atomic E-state index is 12.5. The number of epoxide rings is 1. The van der Waals surface area contributed by atoms with Crippen LogP contribution in [0.3, 0.4) is 0 Å². The van der Waals surface area contributed by atoms with Gasteiger partial charge in [0.1, 0.15) is 17.0 Å². The molecule has 0 aromatic heterocycles. The second-order valence-corrected chi connectivity index (χ2v) is 6.82. The maximum atomic E-state index is 12.5. The summed E-state index contributed by atoms with van der Waals surface area (Å²) in [5.74, 6) is -2.47. The standard InChI is InChI=1S/C17H20O7/c1-8(18)6-10(19)17-7-9(15(2)16(17,3)24-15)11(13(20)22-4)12(17)14(21)23-5/h6,9,19H,7H2,1-5H3/b10-6-. The van der Waals surface area contributed by atoms with E-state index in [1.807, 2.05) is 6.92 Å². The minimum atomic E-state index is -1.30. The number of ether oxygens (including phenoxy) is 3. The van der Waals surface area contributed by atoms with Gasteiger partial charge in [-0.1, -0.05) is 0 Å². The highest BCUT2D eigenvalue weighted by Crippen LogP contribution is 2.79. The zero-order chi connectivity index (χ0) is 18.1. The molecule has 4 unspecified atom stereocenters. The minimum absolute atomic E-state index is 0.0225. The van der Waals surface area contributed by atoms with Gasteiger partial charge in [-0.05, 0) is 27.2 Å². The van der Waals surface area contributed by atoms with E-state index in [0.717, 1.165) is 6.08 Å². The van der Waals surface area contributed by atoms with E-state index in [2.05, 4.69) is 0 Å². The molecule has 0 radical (unpaired) electrons. The molecule has 0 amide bonds. The fraction of sp³-hybridized carbons (Fsp3) is 0.588. The van der Waals surface area contributed by atoms with Crippen molar-refractivity contribution in [2.75, 3.05) is 14.2 Å². The summed E-state index contributed by atoms with van der Waals surface area (Å²) in [7, 11) is 2.42. The van der Waals surface area contributed by atoms with Crippen LogP contribution in [0.4, 0.5) is 0 Å². The molecule has 0 aromatic rings. The molecule has 1 aliphatic heterocycles. The number of hydrogen-bond donors (Lipinski definition) is 1. The van der Waals surface area contributed by atoms with E-state index in [4.69, 9.17) is 14.2 Å². The van der Waals surface area contributed by atoms with Crippen LogP contribution in [0.1, 0.15) is 27.2 Å². The Kier molecular flexibility index (Phi) is 3.26. The minimum Gasteiger partial charge on any atom is -0.511 e. The van der Waals surface area contributed by atoms with Crippen LogP contribution in [0.25, 0.3) is 0 Å². The average molecular weight is 336 g/mol. The molecule has 1 saturated carbocycles. The van der Waals surface area contributed by atoms with Crippen LogP contribution in [0, 0.1) is 11.3 Å². The number of hydrogen-bond acceptors (Lipinski definition) is 7. The topological polar surface area (TPSA) is 102 Å². The van der Waals surface area contributed by atoms with Crippen molar-refractivity contribution in [1.82, 2.24) is 0 Å². The SMILES string of the molecule is COC(=O)C1=C(C(=O)OC)C2(/C(O)=C/C(C)=O)CC1C1(C)OC21C. The van der Waals surface area contributed by atoms with Gasteiger partial charge in [0.15, 0.2) is 5.78 Å². The number of esters is 2. The molecule has 2 bridgehead atoms. The first-order valence-corrected chi connectivity index (χ1v) is 7.64. The van der Waals surface area contributed by atoms with Crippen LogP contribution in [-0.4, -0.2) is 48.3 Å². The van der Waals surface area contributed by atoms with E-state index in [1.165, 1.54) is 21.1 Å². The smallest absolute Gasteiger partial charge is 0.335 e. The van der Waals surface area contributed by atoms with Gasteiger partial charge in [-0.15, -0.1) is 0 Å². The molecule has 4 atom stereocenters. The first kappa shape index (κ1) is 16.7. The molecule has 1 N–H and O–H groups in total. The molecule has 0 spiro atoms. The number of fused-ring (bicyclic) bond motifs is 5. The molecular weight excluding hydrogens is 316 g/mol. The molecule has 3 aliphatic rings. The van der Waals surface area contributed by atoms with Crippen LogP contribution < -0.4 is 0 Å². The highest BCUT2D eigenvalue weighted by atomic mass is 16.6. The lowest BCUT2D eigenvalue weighted by Crippen LogP contribution is -2.44. The number of methoxy groups -OCH3 is 2. The Labute approximate surface area is 139 Å². The van der Waals surface area contributed by atoms with E-state index in [9.17, 15) is 19.5 Å². The van der Waals surface area contributed by atoms with E-state index < -0.39 is 34.5 Å². The number of aliphatic hydroxyl groups excluding tert-OH is 1. The molecule has 130 valence electrons. The normalized spacial score (nSPS) is 39.5. The Balaban J connectivity index is 2.31. The summed E-state index contributed by atoms with van der Waals surface area (Å²) in [6, 6.07) is 0. The van der Waals surface area contributed by atoms with E-state index in [-0.39, 0.29) is 29.1 Å². The third kappa shape index (κ3) is 1.58. The quantitative estimate of drug-likeness (QED) is 0.356. The monoisotopic (exact) mass is 336 g/mol. The fourth-order valence-corrected chi connectivity index (χ4v) is 4.66. The van der Waals surface area contributed by atoms with Crippen LogP contribution in [0.15, 0.2) is 23.0 Å². The Morgan fingerprint density at radius 2 is 1.79 bits per heavy atom. The summed E-state index contributed by atoms with van der Waals surface area (Å²) in [4.78, 5) is 36.3. The molecule has 1 saturated heterocycles. The second kappa shape index (κ2) is 4.69. The maximum Gasteiger partial charge on any atom is 0.335 e. The summed E-state index contributed by atoms with van der Waals surface area (Å²) < 4.78 is 15.6. The summed E-state index contributed by atoms with van der Waals surface area (Å²) in [5, 5.41) is 10.7. The summed E-state index contributed by atoms with van der Waals surface area (Å²) in [5.41, 5.74) is -2.73. The van der Waals surface area contributed by atoms with Crippen molar-refractivity contribution in [2.45, 2.75) is 38.4 Å². The van der Waals surface area contributed by atoms with Crippen molar-refractivity contribution in [3.05, 3.63) is 23.0 Å². The van der Waals surface area contributed by atoms with E-state index in [1.54, 1.807) is 6.92 Å². The van der Waals surface area contributed by atoms with Gasteiger partial charge in [0.25, 0.3) is 0 Å². The fourth-order valence-electron chi connectivity index (χ4n) is 4.66. The van der Waals surface area contributed by atoms with Gasteiger partial charge in [0, 0.05) is 12.0 Å². The van der Waals surface area contributed by atoms with Crippen molar-refractivity contribution in [2.24, 2.45) is 11.3 Å². The van der Waals surface area contributed by atoms with Crippen LogP contribution in [0.5, 0.6) is 0 Å².